The highest BCUT2D eigenvalue weighted by molar-refractivity contribution is 5.98. The molecule has 1 aromatic rings. The lowest BCUT2D eigenvalue weighted by molar-refractivity contribution is -0.127. The molecule has 1 aromatic heterocycles. The lowest BCUT2D eigenvalue weighted by atomic mass is 10.3. The molecule has 0 spiro atoms. The van der Waals surface area contributed by atoms with Crippen molar-refractivity contribution in [3.63, 3.8) is 0 Å². The third-order valence-electron chi connectivity index (χ3n) is 3.93. The maximum Gasteiger partial charge on any atom is 0.246 e. The van der Waals surface area contributed by atoms with E-state index in [9.17, 15) is 9.59 Å². The van der Waals surface area contributed by atoms with Crippen molar-refractivity contribution in [1.82, 2.24) is 24.9 Å². The Hall–Kier alpha value is -2.84. The first kappa shape index (κ1) is 19.5. The molecule has 2 rings (SSSR count). The second kappa shape index (κ2) is 8.50. The zero-order chi connectivity index (χ0) is 19.3. The Morgan fingerprint density at radius 1 is 1.42 bits per heavy atom. The predicted octanol–water partition coefficient (Wildman–Crippen LogP) is -0.321. The van der Waals surface area contributed by atoms with Crippen LogP contribution in [0.1, 0.15) is 6.92 Å². The van der Waals surface area contributed by atoms with Crippen LogP contribution in [0.25, 0.3) is 0 Å². The molecule has 1 aliphatic rings. The van der Waals surface area contributed by atoms with Gasteiger partial charge in [0.2, 0.25) is 11.8 Å². The molecule has 9 heteroatoms. The van der Waals surface area contributed by atoms with E-state index in [-0.39, 0.29) is 24.9 Å². The van der Waals surface area contributed by atoms with Crippen LogP contribution in [0.4, 0.5) is 5.69 Å². The van der Waals surface area contributed by atoms with Gasteiger partial charge in [-0.3, -0.25) is 14.3 Å². The van der Waals surface area contributed by atoms with E-state index in [0.29, 0.717) is 25.6 Å². The van der Waals surface area contributed by atoms with Gasteiger partial charge in [0.1, 0.15) is 13.1 Å². The van der Waals surface area contributed by atoms with E-state index in [1.54, 1.807) is 29.9 Å². The van der Waals surface area contributed by atoms with Crippen LogP contribution in [-0.2, 0) is 16.6 Å². The van der Waals surface area contributed by atoms with Gasteiger partial charge in [0.15, 0.2) is 5.96 Å². The largest absolute Gasteiger partial charge is 0.352 e. The zero-order valence-electron chi connectivity index (χ0n) is 15.9. The monoisotopic (exact) mass is 361 g/mol. The molecule has 1 saturated heterocycles. The third kappa shape index (κ3) is 5.08. The number of carbonyl (C=O) groups is 2. The number of aliphatic imine (C=N–C) groups is 1. The number of nitrogens with zero attached hydrogens (tertiary/aromatic N) is 6. The van der Waals surface area contributed by atoms with Crippen LogP contribution in [0.2, 0.25) is 0 Å². The number of anilines is 1. The summed E-state index contributed by atoms with van der Waals surface area (Å²) in [6.45, 7) is 7.66. The molecular weight excluding hydrogens is 334 g/mol. The van der Waals surface area contributed by atoms with E-state index >= 15 is 0 Å². The molecule has 9 nitrogen and oxygen atoms in total. The highest BCUT2D eigenvalue weighted by Crippen LogP contribution is 2.16. The maximum absolute atomic E-state index is 12.6. The Morgan fingerprint density at radius 3 is 2.69 bits per heavy atom. The standard InChI is InChI=1S/C17H27N7O2/c1-13(2)8-18-17(19-10-15(25)21(3)4)23-6-7-24(16(26)12-23)14-9-20-22(5)11-14/h9,11H,1,6-8,10,12H2,2-5H3,(H,18,19). The number of aryl methyl sites for hydroxylation is 1. The van der Waals surface area contributed by atoms with Gasteiger partial charge in [-0.25, -0.2) is 4.99 Å². The van der Waals surface area contributed by atoms with Crippen molar-refractivity contribution in [3.05, 3.63) is 24.5 Å². The molecule has 0 unspecified atom stereocenters. The Balaban J connectivity index is 2.08. The molecule has 1 fully saturated rings. The molecule has 0 bridgehead atoms. The van der Waals surface area contributed by atoms with Crippen LogP contribution in [0.5, 0.6) is 0 Å². The predicted molar refractivity (Wildman–Crippen MR) is 101 cm³/mol. The molecule has 2 amide bonds. The molecule has 26 heavy (non-hydrogen) atoms. The van der Waals surface area contributed by atoms with Crippen molar-refractivity contribution >= 4 is 23.5 Å². The van der Waals surface area contributed by atoms with Crippen LogP contribution in [0.3, 0.4) is 0 Å². The van der Waals surface area contributed by atoms with Gasteiger partial charge in [0, 0.05) is 47.0 Å². The molecule has 0 saturated carbocycles. The zero-order valence-corrected chi connectivity index (χ0v) is 15.9. The van der Waals surface area contributed by atoms with Gasteiger partial charge in [-0.15, -0.1) is 0 Å². The number of carbonyl (C=O) groups excluding carboxylic acids is 2. The molecule has 0 atom stereocenters. The van der Waals surface area contributed by atoms with Crippen LogP contribution in [0.15, 0.2) is 29.5 Å². The summed E-state index contributed by atoms with van der Waals surface area (Å²) >= 11 is 0. The van der Waals surface area contributed by atoms with Crippen molar-refractivity contribution in [2.45, 2.75) is 6.92 Å². The lowest BCUT2D eigenvalue weighted by Gasteiger charge is -2.35. The van der Waals surface area contributed by atoms with Gasteiger partial charge in [0.25, 0.3) is 0 Å². The first-order chi connectivity index (χ1) is 12.3. The minimum atomic E-state index is -0.0973. The SMILES string of the molecule is C=C(C)CNC(=NCC(=O)N(C)C)N1CCN(c2cnn(C)c2)C(=O)C1. The third-order valence-corrected chi connectivity index (χ3v) is 3.93. The molecule has 0 aliphatic carbocycles. The minimum absolute atomic E-state index is 0.0303. The molecule has 1 N–H and O–H groups in total. The number of amides is 2. The molecule has 2 heterocycles. The number of likely N-dealkylation sites (N-methyl/N-ethyl adjacent to an activating group) is 1. The molecule has 142 valence electrons. The first-order valence-electron chi connectivity index (χ1n) is 8.44. The van der Waals surface area contributed by atoms with Gasteiger partial charge >= 0.3 is 0 Å². The van der Waals surface area contributed by atoms with Gasteiger partial charge < -0.3 is 20.0 Å². The van der Waals surface area contributed by atoms with Gasteiger partial charge in [-0.05, 0) is 6.92 Å². The molecule has 0 aromatic carbocycles. The van der Waals surface area contributed by atoms with E-state index < -0.39 is 0 Å². The van der Waals surface area contributed by atoms with Gasteiger partial charge in [-0.1, -0.05) is 12.2 Å². The molecule has 0 radical (unpaired) electrons. The van der Waals surface area contributed by atoms with Crippen LogP contribution >= 0.6 is 0 Å². The van der Waals surface area contributed by atoms with Crippen molar-refractivity contribution in [3.8, 4) is 0 Å². The number of nitrogens with one attached hydrogen (secondary N) is 1. The normalized spacial score (nSPS) is 15.2. The number of rotatable bonds is 5. The Bertz CT molecular complexity index is 708. The number of piperazine rings is 1. The summed E-state index contributed by atoms with van der Waals surface area (Å²) < 4.78 is 1.67. The van der Waals surface area contributed by atoms with Crippen molar-refractivity contribution in [2.75, 3.05) is 51.7 Å². The Kier molecular flexibility index (Phi) is 6.37. The Morgan fingerprint density at radius 2 is 2.15 bits per heavy atom. The summed E-state index contributed by atoms with van der Waals surface area (Å²) in [6.07, 6.45) is 3.50. The highest BCUT2D eigenvalue weighted by Gasteiger charge is 2.27. The van der Waals surface area contributed by atoms with Crippen LogP contribution < -0.4 is 10.2 Å². The highest BCUT2D eigenvalue weighted by atomic mass is 16.2. The van der Waals surface area contributed by atoms with E-state index in [1.165, 1.54) is 4.90 Å². The second-order valence-electron chi connectivity index (χ2n) is 6.58. The fourth-order valence-electron chi connectivity index (χ4n) is 2.46. The van der Waals surface area contributed by atoms with E-state index in [0.717, 1.165) is 11.3 Å². The van der Waals surface area contributed by atoms with E-state index in [4.69, 9.17) is 0 Å². The second-order valence-corrected chi connectivity index (χ2v) is 6.58. The summed E-state index contributed by atoms with van der Waals surface area (Å²) in [5.41, 5.74) is 1.73. The van der Waals surface area contributed by atoms with Crippen molar-refractivity contribution in [2.24, 2.45) is 12.0 Å². The summed E-state index contributed by atoms with van der Waals surface area (Å²) in [6, 6.07) is 0. The van der Waals surface area contributed by atoms with Gasteiger partial charge in [0.05, 0.1) is 11.9 Å². The maximum atomic E-state index is 12.6. The fraction of sp³-hybridized carbons (Fsp3) is 0.529. The van der Waals surface area contributed by atoms with E-state index in [1.807, 2.05) is 25.1 Å². The summed E-state index contributed by atoms with van der Waals surface area (Å²) in [4.78, 5) is 33.9. The average molecular weight is 361 g/mol. The minimum Gasteiger partial charge on any atom is -0.352 e. The fourth-order valence-corrected chi connectivity index (χ4v) is 2.46. The Labute approximate surface area is 154 Å². The molecule has 1 aliphatic heterocycles. The van der Waals surface area contributed by atoms with Crippen LogP contribution in [0, 0.1) is 0 Å². The first-order valence-corrected chi connectivity index (χ1v) is 8.44. The number of hydrogen-bond acceptors (Lipinski definition) is 4. The average Bonchev–Trinajstić information content (AvgIpc) is 3.00. The van der Waals surface area contributed by atoms with Gasteiger partial charge in [-0.2, -0.15) is 5.10 Å². The van der Waals surface area contributed by atoms with E-state index in [2.05, 4.69) is 22.0 Å². The van der Waals surface area contributed by atoms with Crippen molar-refractivity contribution in [1.29, 1.82) is 0 Å². The number of guanidine groups is 1. The van der Waals surface area contributed by atoms with Crippen molar-refractivity contribution < 1.29 is 9.59 Å². The number of hydrogen-bond donors (Lipinski definition) is 1. The number of aromatic nitrogens is 2. The topological polar surface area (TPSA) is 86.1 Å². The smallest absolute Gasteiger partial charge is 0.246 e. The summed E-state index contributed by atoms with van der Waals surface area (Å²) in [5, 5.41) is 7.30. The summed E-state index contributed by atoms with van der Waals surface area (Å²) in [7, 11) is 5.20. The quantitative estimate of drug-likeness (QED) is 0.441. The summed E-state index contributed by atoms with van der Waals surface area (Å²) in [5.74, 6) is 0.412. The van der Waals surface area contributed by atoms with Crippen LogP contribution in [-0.4, -0.2) is 84.2 Å². The lowest BCUT2D eigenvalue weighted by Crippen LogP contribution is -2.55. The molecular formula is C17H27N7O2.